The Kier molecular flexibility index (Phi) is 10.5. The number of likely N-dealkylation sites (N-methyl/N-ethyl adjacent to an activating group) is 1. The lowest BCUT2D eigenvalue weighted by Gasteiger charge is -2.03. The molecule has 0 saturated heterocycles. The molecular weight excluding hydrogens is 156 g/mol. The van der Waals surface area contributed by atoms with Gasteiger partial charge in [0, 0.05) is 13.1 Å². The third-order valence-electron chi connectivity index (χ3n) is 1.43. The summed E-state index contributed by atoms with van der Waals surface area (Å²) in [6.45, 7) is 6.56. The monoisotopic (exact) mass is 176 g/mol. The molecule has 0 saturated carbocycles. The van der Waals surface area contributed by atoms with E-state index in [4.69, 9.17) is 0 Å². The minimum Gasteiger partial charge on any atom is -0.316 e. The minimum absolute atomic E-state index is 1.08. The first kappa shape index (κ1) is 11.3. The quantitative estimate of drug-likeness (QED) is 0.538. The van der Waals surface area contributed by atoms with Crippen LogP contribution in [0.15, 0.2) is 0 Å². The van der Waals surface area contributed by atoms with E-state index in [1.54, 1.807) is 0 Å². The van der Waals surface area contributed by atoms with Gasteiger partial charge in [0.25, 0.3) is 0 Å². The van der Waals surface area contributed by atoms with Crippen molar-refractivity contribution in [1.82, 2.24) is 10.6 Å². The highest BCUT2D eigenvalue weighted by molar-refractivity contribution is 7.98. The van der Waals surface area contributed by atoms with E-state index >= 15 is 0 Å². The third kappa shape index (κ3) is 10.3. The lowest BCUT2D eigenvalue weighted by atomic mass is 10.4. The lowest BCUT2D eigenvalue weighted by molar-refractivity contribution is 0.621. The molecule has 0 heterocycles. The molecule has 0 fully saturated rings. The van der Waals surface area contributed by atoms with Gasteiger partial charge in [-0.3, -0.25) is 0 Å². The van der Waals surface area contributed by atoms with Gasteiger partial charge in [-0.15, -0.1) is 0 Å². The van der Waals surface area contributed by atoms with Crippen molar-refractivity contribution in [2.75, 3.05) is 38.2 Å². The largest absolute Gasteiger partial charge is 0.316 e. The fourth-order valence-electron chi connectivity index (χ4n) is 0.820. The molecule has 0 aromatic rings. The first-order chi connectivity index (χ1) is 5.41. The number of nitrogens with one attached hydrogen (secondary N) is 2. The average molecular weight is 176 g/mol. The van der Waals surface area contributed by atoms with Gasteiger partial charge < -0.3 is 10.6 Å². The van der Waals surface area contributed by atoms with Crippen molar-refractivity contribution in [3.8, 4) is 0 Å². The SMILES string of the molecule is CCNCCNCCCSC. The van der Waals surface area contributed by atoms with Gasteiger partial charge in [-0.05, 0) is 31.5 Å². The predicted molar refractivity (Wildman–Crippen MR) is 54.4 cm³/mol. The maximum absolute atomic E-state index is 3.38. The van der Waals surface area contributed by atoms with Gasteiger partial charge in [0.05, 0.1) is 0 Å². The summed E-state index contributed by atoms with van der Waals surface area (Å²) in [6, 6.07) is 0. The molecule has 0 aromatic carbocycles. The summed E-state index contributed by atoms with van der Waals surface area (Å²) in [4.78, 5) is 0. The summed E-state index contributed by atoms with van der Waals surface area (Å²) in [5.74, 6) is 1.27. The van der Waals surface area contributed by atoms with Gasteiger partial charge in [0.1, 0.15) is 0 Å². The fraction of sp³-hybridized carbons (Fsp3) is 1.00. The average Bonchev–Trinajstić information content (AvgIpc) is 2.03. The fourth-order valence-corrected chi connectivity index (χ4v) is 1.25. The zero-order chi connectivity index (χ0) is 8.36. The second-order valence-electron chi connectivity index (χ2n) is 2.45. The molecule has 0 aliphatic rings. The molecule has 0 amide bonds. The molecule has 0 aromatic heterocycles. The highest BCUT2D eigenvalue weighted by Gasteiger charge is 1.86. The Labute approximate surface area is 74.5 Å². The third-order valence-corrected chi connectivity index (χ3v) is 2.13. The summed E-state index contributed by atoms with van der Waals surface area (Å²) >= 11 is 1.91. The molecule has 0 spiro atoms. The Morgan fingerprint density at radius 3 is 2.45 bits per heavy atom. The molecule has 0 bridgehead atoms. The van der Waals surface area contributed by atoms with E-state index in [-0.39, 0.29) is 0 Å². The molecule has 0 unspecified atom stereocenters. The van der Waals surface area contributed by atoms with Gasteiger partial charge in [0.2, 0.25) is 0 Å². The number of rotatable bonds is 8. The van der Waals surface area contributed by atoms with Crippen LogP contribution in [0.1, 0.15) is 13.3 Å². The molecule has 0 atom stereocenters. The Balaban J connectivity index is 2.69. The van der Waals surface area contributed by atoms with Crippen LogP contribution >= 0.6 is 11.8 Å². The number of hydrogen-bond donors (Lipinski definition) is 2. The minimum atomic E-state index is 1.08. The maximum atomic E-state index is 3.38. The molecule has 68 valence electrons. The Morgan fingerprint density at radius 1 is 1.09 bits per heavy atom. The first-order valence-electron chi connectivity index (χ1n) is 4.32. The molecule has 0 rings (SSSR count). The zero-order valence-electron chi connectivity index (χ0n) is 7.65. The predicted octanol–water partition coefficient (Wildman–Crippen LogP) is 0.939. The molecular formula is C8H20N2S. The molecule has 3 heteroatoms. The van der Waals surface area contributed by atoms with Crippen LogP contribution in [0.4, 0.5) is 0 Å². The van der Waals surface area contributed by atoms with Crippen molar-refractivity contribution in [1.29, 1.82) is 0 Å². The molecule has 2 N–H and O–H groups in total. The number of hydrogen-bond acceptors (Lipinski definition) is 3. The van der Waals surface area contributed by atoms with Crippen molar-refractivity contribution in [2.45, 2.75) is 13.3 Å². The van der Waals surface area contributed by atoms with E-state index in [1.807, 2.05) is 11.8 Å². The van der Waals surface area contributed by atoms with Crippen LogP contribution in [0, 0.1) is 0 Å². The second-order valence-corrected chi connectivity index (χ2v) is 3.44. The van der Waals surface area contributed by atoms with Crippen LogP contribution < -0.4 is 10.6 Å². The highest BCUT2D eigenvalue weighted by atomic mass is 32.2. The summed E-state index contributed by atoms with van der Waals surface area (Å²) in [5, 5.41) is 6.65. The van der Waals surface area contributed by atoms with E-state index in [0.29, 0.717) is 0 Å². The standard InChI is InChI=1S/C8H20N2S/c1-3-9-6-7-10-5-4-8-11-2/h9-10H,3-8H2,1-2H3. The zero-order valence-corrected chi connectivity index (χ0v) is 8.47. The number of thioether (sulfide) groups is 1. The van der Waals surface area contributed by atoms with Gasteiger partial charge in [0.15, 0.2) is 0 Å². The van der Waals surface area contributed by atoms with E-state index < -0.39 is 0 Å². The Bertz CT molecular complexity index is 61.1. The van der Waals surface area contributed by atoms with Gasteiger partial charge in [-0.1, -0.05) is 6.92 Å². The second kappa shape index (κ2) is 10.3. The van der Waals surface area contributed by atoms with Gasteiger partial charge in [-0.2, -0.15) is 11.8 Å². The van der Waals surface area contributed by atoms with Crippen molar-refractivity contribution in [3.05, 3.63) is 0 Å². The highest BCUT2D eigenvalue weighted by Crippen LogP contribution is 1.92. The van der Waals surface area contributed by atoms with E-state index in [2.05, 4.69) is 23.8 Å². The van der Waals surface area contributed by atoms with E-state index in [0.717, 1.165) is 26.2 Å². The molecule has 2 nitrogen and oxygen atoms in total. The van der Waals surface area contributed by atoms with Crippen molar-refractivity contribution < 1.29 is 0 Å². The van der Waals surface area contributed by atoms with Crippen molar-refractivity contribution in [2.24, 2.45) is 0 Å². The van der Waals surface area contributed by atoms with Crippen LogP contribution in [-0.2, 0) is 0 Å². The van der Waals surface area contributed by atoms with Crippen LogP contribution in [0.5, 0.6) is 0 Å². The van der Waals surface area contributed by atoms with E-state index in [9.17, 15) is 0 Å². The van der Waals surface area contributed by atoms with Crippen LogP contribution in [0.2, 0.25) is 0 Å². The summed E-state index contributed by atoms with van der Waals surface area (Å²) in [5.41, 5.74) is 0. The summed E-state index contributed by atoms with van der Waals surface area (Å²) in [6.07, 6.45) is 3.44. The Morgan fingerprint density at radius 2 is 1.82 bits per heavy atom. The van der Waals surface area contributed by atoms with Crippen LogP contribution in [-0.4, -0.2) is 38.2 Å². The maximum Gasteiger partial charge on any atom is 0.00767 e. The summed E-state index contributed by atoms with van der Waals surface area (Å²) in [7, 11) is 0. The van der Waals surface area contributed by atoms with E-state index in [1.165, 1.54) is 12.2 Å². The first-order valence-corrected chi connectivity index (χ1v) is 5.71. The molecule has 11 heavy (non-hydrogen) atoms. The van der Waals surface area contributed by atoms with Crippen LogP contribution in [0.25, 0.3) is 0 Å². The molecule has 0 radical (unpaired) electrons. The van der Waals surface area contributed by atoms with Crippen molar-refractivity contribution in [3.63, 3.8) is 0 Å². The summed E-state index contributed by atoms with van der Waals surface area (Å²) < 4.78 is 0. The van der Waals surface area contributed by atoms with Crippen LogP contribution in [0.3, 0.4) is 0 Å². The molecule has 0 aliphatic carbocycles. The van der Waals surface area contributed by atoms with Crippen molar-refractivity contribution >= 4 is 11.8 Å². The normalized spacial score (nSPS) is 10.4. The Hall–Kier alpha value is 0.270. The van der Waals surface area contributed by atoms with Gasteiger partial charge >= 0.3 is 0 Å². The topological polar surface area (TPSA) is 24.1 Å². The molecule has 0 aliphatic heterocycles. The van der Waals surface area contributed by atoms with Gasteiger partial charge in [-0.25, -0.2) is 0 Å². The lowest BCUT2D eigenvalue weighted by Crippen LogP contribution is -2.27. The smallest absolute Gasteiger partial charge is 0.00767 e.